The second kappa shape index (κ2) is 6.26. The molecule has 0 spiro atoms. The van der Waals surface area contributed by atoms with E-state index in [4.69, 9.17) is 4.42 Å². The fourth-order valence-corrected chi connectivity index (χ4v) is 3.73. The zero-order chi connectivity index (χ0) is 16.3. The van der Waals surface area contributed by atoms with Gasteiger partial charge in [-0.1, -0.05) is 48.0 Å². The van der Waals surface area contributed by atoms with Crippen LogP contribution in [-0.4, -0.2) is 8.42 Å². The van der Waals surface area contributed by atoms with Gasteiger partial charge < -0.3 is 4.42 Å². The fraction of sp³-hybridized carbons (Fsp3) is 0.0526. The molecule has 0 fully saturated rings. The lowest BCUT2D eigenvalue weighted by atomic mass is 10.2. The molecule has 1 heterocycles. The maximum atomic E-state index is 13.1. The summed E-state index contributed by atoms with van der Waals surface area (Å²) < 4.78 is 31.4. The molecule has 0 aliphatic rings. The van der Waals surface area contributed by atoms with Gasteiger partial charge in [-0.3, -0.25) is 0 Å². The van der Waals surface area contributed by atoms with Crippen LogP contribution in [0.15, 0.2) is 82.3 Å². The Kier molecular flexibility index (Phi) is 4.17. The summed E-state index contributed by atoms with van der Waals surface area (Å²) in [5.41, 5.74) is 1.64. The molecule has 0 radical (unpaired) electrons. The maximum Gasteiger partial charge on any atom is 0.207 e. The van der Waals surface area contributed by atoms with Crippen LogP contribution in [-0.2, 0) is 9.84 Å². The average molecular weight is 324 g/mol. The molecule has 0 atom stereocenters. The lowest BCUT2D eigenvalue weighted by Crippen LogP contribution is -2.04. The first kappa shape index (κ1) is 15.3. The molecule has 0 saturated heterocycles. The minimum atomic E-state index is -3.65. The summed E-state index contributed by atoms with van der Waals surface area (Å²) in [5.74, 6) is 0.500. The van der Waals surface area contributed by atoms with Gasteiger partial charge in [0.1, 0.15) is 5.76 Å². The summed E-state index contributed by atoms with van der Waals surface area (Å²) in [6.45, 7) is 1.92. The van der Waals surface area contributed by atoms with Gasteiger partial charge in [-0.05, 0) is 36.8 Å². The number of aryl methyl sites for hydroxylation is 1. The van der Waals surface area contributed by atoms with E-state index >= 15 is 0 Å². The summed E-state index contributed by atoms with van der Waals surface area (Å²) in [4.78, 5) is 0.488. The van der Waals surface area contributed by atoms with E-state index in [2.05, 4.69) is 0 Å². The minimum absolute atomic E-state index is 0.219. The van der Waals surface area contributed by atoms with Gasteiger partial charge in [-0.2, -0.15) is 0 Å². The Hall–Kier alpha value is -2.59. The van der Waals surface area contributed by atoms with Gasteiger partial charge in [-0.25, -0.2) is 8.42 Å². The van der Waals surface area contributed by atoms with Crippen molar-refractivity contribution in [2.45, 2.75) is 11.8 Å². The van der Waals surface area contributed by atoms with Gasteiger partial charge in [0.15, 0.2) is 0 Å². The third kappa shape index (κ3) is 3.27. The van der Waals surface area contributed by atoms with Crippen LogP contribution in [0.25, 0.3) is 11.0 Å². The molecule has 116 valence electrons. The number of benzene rings is 2. The SMILES string of the molecule is Cc1ccc(S(=O)(=O)C(=Cc2ccco2)c2ccccc2)cc1. The number of hydrogen-bond acceptors (Lipinski definition) is 3. The monoisotopic (exact) mass is 324 g/mol. The van der Waals surface area contributed by atoms with Crippen molar-refractivity contribution in [3.05, 3.63) is 89.9 Å². The third-order valence-corrected chi connectivity index (χ3v) is 5.32. The third-order valence-electron chi connectivity index (χ3n) is 3.50. The first-order valence-electron chi connectivity index (χ1n) is 7.20. The molecular weight excluding hydrogens is 308 g/mol. The standard InChI is InChI=1S/C19H16O3S/c1-15-9-11-18(12-10-15)23(20,21)19(14-17-8-5-13-22-17)16-6-3-2-4-7-16/h2-14H,1H3. The Morgan fingerprint density at radius 2 is 1.61 bits per heavy atom. The van der Waals surface area contributed by atoms with Gasteiger partial charge in [-0.15, -0.1) is 0 Å². The van der Waals surface area contributed by atoms with Crippen molar-refractivity contribution in [3.63, 3.8) is 0 Å². The van der Waals surface area contributed by atoms with Gasteiger partial charge in [0, 0.05) is 6.08 Å². The minimum Gasteiger partial charge on any atom is -0.465 e. The molecule has 1 aromatic heterocycles. The Morgan fingerprint density at radius 3 is 2.22 bits per heavy atom. The number of hydrogen-bond donors (Lipinski definition) is 0. The molecular formula is C19H16O3S. The highest BCUT2D eigenvalue weighted by Crippen LogP contribution is 2.30. The van der Waals surface area contributed by atoms with Crippen molar-refractivity contribution in [2.75, 3.05) is 0 Å². The highest BCUT2D eigenvalue weighted by molar-refractivity contribution is 8.00. The van der Waals surface area contributed by atoms with Crippen molar-refractivity contribution in [1.29, 1.82) is 0 Å². The zero-order valence-corrected chi connectivity index (χ0v) is 13.5. The fourth-order valence-electron chi connectivity index (χ4n) is 2.27. The van der Waals surface area contributed by atoms with E-state index in [-0.39, 0.29) is 9.80 Å². The van der Waals surface area contributed by atoms with E-state index in [0.29, 0.717) is 11.3 Å². The Labute approximate surface area is 135 Å². The molecule has 2 aromatic carbocycles. The maximum absolute atomic E-state index is 13.1. The van der Waals surface area contributed by atoms with E-state index in [1.807, 2.05) is 25.1 Å². The van der Waals surface area contributed by atoms with E-state index in [9.17, 15) is 8.42 Å². The molecule has 23 heavy (non-hydrogen) atoms. The molecule has 0 aliphatic carbocycles. The molecule has 0 aliphatic heterocycles. The van der Waals surface area contributed by atoms with E-state index in [0.717, 1.165) is 5.56 Å². The van der Waals surface area contributed by atoms with Crippen molar-refractivity contribution < 1.29 is 12.8 Å². The summed E-state index contributed by atoms with van der Waals surface area (Å²) >= 11 is 0. The summed E-state index contributed by atoms with van der Waals surface area (Å²) in [6.07, 6.45) is 3.08. The quantitative estimate of drug-likeness (QED) is 0.707. The summed E-state index contributed by atoms with van der Waals surface area (Å²) in [6, 6.07) is 19.3. The normalized spacial score (nSPS) is 12.3. The van der Waals surface area contributed by atoms with Crippen LogP contribution in [0.4, 0.5) is 0 Å². The molecule has 0 amide bonds. The predicted octanol–water partition coefficient (Wildman–Crippen LogP) is 4.56. The van der Waals surface area contributed by atoms with Crippen LogP contribution < -0.4 is 0 Å². The predicted molar refractivity (Wildman–Crippen MR) is 91.4 cm³/mol. The lowest BCUT2D eigenvalue weighted by Gasteiger charge is -2.10. The number of furan rings is 1. The Morgan fingerprint density at radius 1 is 0.913 bits per heavy atom. The lowest BCUT2D eigenvalue weighted by molar-refractivity contribution is 0.557. The second-order valence-corrected chi connectivity index (χ2v) is 7.12. The molecule has 0 unspecified atom stereocenters. The molecule has 4 heteroatoms. The molecule has 0 saturated carbocycles. The first-order chi connectivity index (χ1) is 11.1. The van der Waals surface area contributed by atoms with Crippen molar-refractivity contribution in [2.24, 2.45) is 0 Å². The number of sulfone groups is 1. The van der Waals surface area contributed by atoms with Gasteiger partial charge in [0.2, 0.25) is 9.84 Å². The smallest absolute Gasteiger partial charge is 0.207 e. The number of rotatable bonds is 4. The van der Waals surface area contributed by atoms with Crippen LogP contribution in [0, 0.1) is 6.92 Å². The van der Waals surface area contributed by atoms with Gasteiger partial charge in [0.05, 0.1) is 16.1 Å². The van der Waals surface area contributed by atoms with Gasteiger partial charge >= 0.3 is 0 Å². The second-order valence-electron chi connectivity index (χ2n) is 5.21. The molecule has 3 aromatic rings. The first-order valence-corrected chi connectivity index (χ1v) is 8.68. The summed E-state index contributed by atoms with van der Waals surface area (Å²) in [5, 5.41) is 0. The molecule has 3 nitrogen and oxygen atoms in total. The van der Waals surface area contributed by atoms with E-state index < -0.39 is 9.84 Å². The highest BCUT2D eigenvalue weighted by Gasteiger charge is 2.22. The van der Waals surface area contributed by atoms with Crippen LogP contribution in [0.1, 0.15) is 16.9 Å². The van der Waals surface area contributed by atoms with Crippen LogP contribution in [0.2, 0.25) is 0 Å². The molecule has 3 rings (SSSR count). The largest absolute Gasteiger partial charge is 0.465 e. The highest BCUT2D eigenvalue weighted by atomic mass is 32.2. The average Bonchev–Trinajstić information content (AvgIpc) is 3.07. The van der Waals surface area contributed by atoms with Crippen molar-refractivity contribution >= 4 is 20.8 Å². The summed E-state index contributed by atoms with van der Waals surface area (Å²) in [7, 11) is -3.65. The van der Waals surface area contributed by atoms with Crippen LogP contribution in [0.5, 0.6) is 0 Å². The van der Waals surface area contributed by atoms with Crippen LogP contribution >= 0.6 is 0 Å². The topological polar surface area (TPSA) is 47.3 Å². The Balaban J connectivity index is 2.17. The Bertz CT molecular complexity index is 905. The molecule has 0 bridgehead atoms. The van der Waals surface area contributed by atoms with Gasteiger partial charge in [0.25, 0.3) is 0 Å². The molecule has 0 N–H and O–H groups in total. The van der Waals surface area contributed by atoms with Crippen molar-refractivity contribution in [1.82, 2.24) is 0 Å². The zero-order valence-electron chi connectivity index (χ0n) is 12.6. The van der Waals surface area contributed by atoms with Crippen molar-refractivity contribution in [3.8, 4) is 0 Å². The van der Waals surface area contributed by atoms with E-state index in [1.54, 1.807) is 54.6 Å². The van der Waals surface area contributed by atoms with Crippen LogP contribution in [0.3, 0.4) is 0 Å². The van der Waals surface area contributed by atoms with E-state index in [1.165, 1.54) is 6.26 Å².